The van der Waals surface area contributed by atoms with Gasteiger partial charge in [-0.1, -0.05) is 27.7 Å². The number of benzene rings is 1. The molecule has 1 aliphatic rings. The van der Waals surface area contributed by atoms with Crippen LogP contribution >= 0.6 is 0 Å². The van der Waals surface area contributed by atoms with Crippen molar-refractivity contribution in [2.45, 2.75) is 53.4 Å². The highest BCUT2D eigenvalue weighted by atomic mass is 32.2. The van der Waals surface area contributed by atoms with E-state index in [1.807, 2.05) is 39.8 Å². The maximum Gasteiger partial charge on any atom is 0.235 e. The second-order valence-electron chi connectivity index (χ2n) is 7.62. The molecule has 6 heteroatoms. The Labute approximate surface area is 145 Å². The molecule has 24 heavy (non-hydrogen) atoms. The second-order valence-corrected chi connectivity index (χ2v) is 9.63. The standard InChI is InChI=1S/C18H28N2O3S/c1-5-11-24(22,23)20-10-6-7-14-12-15(8-9-16(14)20)19-17(21)13-18(2,3)4/h8-9,12H,5-7,10-11,13H2,1-4H3,(H,19,21). The Morgan fingerprint density at radius 1 is 1.29 bits per heavy atom. The lowest BCUT2D eigenvalue weighted by Crippen LogP contribution is -2.37. The van der Waals surface area contributed by atoms with Crippen molar-refractivity contribution in [3.8, 4) is 0 Å². The van der Waals surface area contributed by atoms with E-state index < -0.39 is 10.0 Å². The third-order valence-corrected chi connectivity index (χ3v) is 5.90. The van der Waals surface area contributed by atoms with Crippen LogP contribution in [0.15, 0.2) is 18.2 Å². The molecule has 0 saturated heterocycles. The van der Waals surface area contributed by atoms with E-state index >= 15 is 0 Å². The Balaban J connectivity index is 2.21. The van der Waals surface area contributed by atoms with Gasteiger partial charge in [0, 0.05) is 18.7 Å². The fraction of sp³-hybridized carbons (Fsp3) is 0.611. The summed E-state index contributed by atoms with van der Waals surface area (Å²) >= 11 is 0. The van der Waals surface area contributed by atoms with Crippen LogP contribution in [0.25, 0.3) is 0 Å². The molecule has 1 N–H and O–H groups in total. The summed E-state index contributed by atoms with van der Waals surface area (Å²) in [6.07, 6.45) is 2.68. The Morgan fingerprint density at radius 3 is 2.62 bits per heavy atom. The maximum absolute atomic E-state index is 12.4. The van der Waals surface area contributed by atoms with E-state index in [9.17, 15) is 13.2 Å². The molecule has 0 saturated carbocycles. The van der Waals surface area contributed by atoms with Crippen LogP contribution in [0.5, 0.6) is 0 Å². The third kappa shape index (κ3) is 4.72. The number of hydrogen-bond acceptors (Lipinski definition) is 3. The van der Waals surface area contributed by atoms with Crippen LogP contribution in [-0.4, -0.2) is 26.6 Å². The van der Waals surface area contributed by atoms with Crippen molar-refractivity contribution in [1.29, 1.82) is 0 Å². The van der Waals surface area contributed by atoms with Crippen LogP contribution in [0.2, 0.25) is 0 Å². The predicted molar refractivity (Wildman–Crippen MR) is 98.9 cm³/mol. The largest absolute Gasteiger partial charge is 0.326 e. The van der Waals surface area contributed by atoms with Crippen LogP contribution in [-0.2, 0) is 21.2 Å². The molecule has 1 aromatic carbocycles. The van der Waals surface area contributed by atoms with E-state index in [0.29, 0.717) is 19.4 Å². The number of nitrogens with zero attached hydrogens (tertiary/aromatic N) is 1. The van der Waals surface area contributed by atoms with E-state index in [1.54, 1.807) is 6.07 Å². The predicted octanol–water partition coefficient (Wildman–Crippen LogP) is 3.55. The van der Waals surface area contributed by atoms with Gasteiger partial charge in [-0.25, -0.2) is 8.42 Å². The smallest absolute Gasteiger partial charge is 0.235 e. The lowest BCUT2D eigenvalue weighted by Gasteiger charge is -2.30. The zero-order chi connectivity index (χ0) is 18.0. The molecule has 0 unspecified atom stereocenters. The van der Waals surface area contributed by atoms with E-state index in [4.69, 9.17) is 0 Å². The highest BCUT2D eigenvalue weighted by Gasteiger charge is 2.27. The molecule has 2 rings (SSSR count). The molecular formula is C18H28N2O3S. The van der Waals surface area contributed by atoms with Gasteiger partial charge in [0.15, 0.2) is 0 Å². The minimum Gasteiger partial charge on any atom is -0.326 e. The van der Waals surface area contributed by atoms with E-state index in [1.165, 1.54) is 4.31 Å². The Hall–Kier alpha value is -1.56. The molecule has 1 aliphatic heterocycles. The van der Waals surface area contributed by atoms with Crippen molar-refractivity contribution < 1.29 is 13.2 Å². The van der Waals surface area contributed by atoms with Crippen molar-refractivity contribution in [2.75, 3.05) is 21.9 Å². The molecule has 134 valence electrons. The van der Waals surface area contributed by atoms with Gasteiger partial charge in [0.25, 0.3) is 0 Å². The number of hydrogen-bond donors (Lipinski definition) is 1. The van der Waals surface area contributed by atoms with Crippen LogP contribution in [0.1, 0.15) is 52.5 Å². The monoisotopic (exact) mass is 352 g/mol. The number of carbonyl (C=O) groups excluding carboxylic acids is 1. The molecule has 1 amide bonds. The van der Waals surface area contributed by atoms with Gasteiger partial charge in [0.05, 0.1) is 11.4 Å². The van der Waals surface area contributed by atoms with Crippen molar-refractivity contribution in [3.05, 3.63) is 23.8 Å². The van der Waals surface area contributed by atoms with Gasteiger partial charge in [-0.3, -0.25) is 9.10 Å². The van der Waals surface area contributed by atoms with Gasteiger partial charge < -0.3 is 5.32 Å². The van der Waals surface area contributed by atoms with E-state index in [2.05, 4.69) is 5.32 Å². The van der Waals surface area contributed by atoms with Crippen LogP contribution < -0.4 is 9.62 Å². The number of aryl methyl sites for hydroxylation is 1. The number of anilines is 2. The summed E-state index contributed by atoms with van der Waals surface area (Å²) in [5, 5.41) is 2.92. The molecule has 5 nitrogen and oxygen atoms in total. The number of nitrogens with one attached hydrogen (secondary N) is 1. The summed E-state index contributed by atoms with van der Waals surface area (Å²) in [6, 6.07) is 5.51. The normalized spacial score (nSPS) is 15.1. The fourth-order valence-electron chi connectivity index (χ4n) is 2.98. The summed E-state index contributed by atoms with van der Waals surface area (Å²) in [6.45, 7) is 8.48. The fourth-order valence-corrected chi connectivity index (χ4v) is 4.61. The van der Waals surface area contributed by atoms with Gasteiger partial charge in [-0.2, -0.15) is 0 Å². The first kappa shape index (κ1) is 18.8. The summed E-state index contributed by atoms with van der Waals surface area (Å²) < 4.78 is 26.4. The molecule has 0 fully saturated rings. The number of sulfonamides is 1. The molecule has 0 spiro atoms. The van der Waals surface area contributed by atoms with Crippen LogP contribution in [0.4, 0.5) is 11.4 Å². The van der Waals surface area contributed by atoms with E-state index in [-0.39, 0.29) is 17.1 Å². The Morgan fingerprint density at radius 2 is 2.00 bits per heavy atom. The minimum atomic E-state index is -3.26. The molecule has 0 aromatic heterocycles. The highest BCUT2D eigenvalue weighted by molar-refractivity contribution is 7.92. The first-order chi connectivity index (χ1) is 11.1. The van der Waals surface area contributed by atoms with Crippen LogP contribution in [0.3, 0.4) is 0 Å². The summed E-state index contributed by atoms with van der Waals surface area (Å²) in [4.78, 5) is 12.1. The summed E-state index contributed by atoms with van der Waals surface area (Å²) in [5.74, 6) is 0.144. The quantitative estimate of drug-likeness (QED) is 0.881. The molecular weight excluding hydrogens is 324 g/mol. The lowest BCUT2D eigenvalue weighted by molar-refractivity contribution is -0.117. The van der Waals surface area contributed by atoms with Crippen molar-refractivity contribution in [2.24, 2.45) is 5.41 Å². The number of fused-ring (bicyclic) bond motifs is 1. The average Bonchev–Trinajstić information content (AvgIpc) is 2.44. The molecule has 0 atom stereocenters. The first-order valence-electron chi connectivity index (χ1n) is 8.55. The lowest BCUT2D eigenvalue weighted by atomic mass is 9.92. The molecule has 0 bridgehead atoms. The number of rotatable bonds is 5. The third-order valence-electron chi connectivity index (χ3n) is 3.93. The van der Waals surface area contributed by atoms with Gasteiger partial charge in [0.1, 0.15) is 0 Å². The van der Waals surface area contributed by atoms with Gasteiger partial charge in [0.2, 0.25) is 15.9 Å². The first-order valence-corrected chi connectivity index (χ1v) is 10.2. The van der Waals surface area contributed by atoms with Crippen molar-refractivity contribution in [1.82, 2.24) is 0 Å². The molecule has 1 aromatic rings. The van der Waals surface area contributed by atoms with Crippen LogP contribution in [0, 0.1) is 5.41 Å². The molecule has 0 aliphatic carbocycles. The van der Waals surface area contributed by atoms with Gasteiger partial charge in [-0.15, -0.1) is 0 Å². The van der Waals surface area contributed by atoms with Crippen molar-refractivity contribution >= 4 is 27.3 Å². The minimum absolute atomic E-state index is 0.0197. The van der Waals surface area contributed by atoms with E-state index in [0.717, 1.165) is 29.8 Å². The maximum atomic E-state index is 12.4. The van der Waals surface area contributed by atoms with Gasteiger partial charge in [-0.05, 0) is 48.4 Å². The number of amides is 1. The zero-order valence-corrected chi connectivity index (χ0v) is 15.9. The van der Waals surface area contributed by atoms with Gasteiger partial charge >= 0.3 is 0 Å². The highest BCUT2D eigenvalue weighted by Crippen LogP contribution is 2.32. The summed E-state index contributed by atoms with van der Waals surface area (Å²) in [7, 11) is -3.26. The second kappa shape index (κ2) is 7.13. The molecule has 0 radical (unpaired) electrons. The average molecular weight is 353 g/mol. The summed E-state index contributed by atoms with van der Waals surface area (Å²) in [5.41, 5.74) is 2.40. The zero-order valence-electron chi connectivity index (χ0n) is 15.1. The number of carbonyl (C=O) groups is 1. The van der Waals surface area contributed by atoms with Crippen molar-refractivity contribution in [3.63, 3.8) is 0 Å². The topological polar surface area (TPSA) is 66.5 Å². The Kier molecular flexibility index (Phi) is 5.58. The Bertz CT molecular complexity index is 705. The molecule has 1 heterocycles. The SMILES string of the molecule is CCCS(=O)(=O)N1CCCc2cc(NC(=O)CC(C)(C)C)ccc21.